The topological polar surface area (TPSA) is 63.3 Å². The number of thiazole rings is 1. The summed E-state index contributed by atoms with van der Waals surface area (Å²) in [5, 5.41) is 4.07. The van der Waals surface area contributed by atoms with E-state index in [1.165, 1.54) is 4.88 Å². The van der Waals surface area contributed by atoms with Crippen LogP contribution in [0.1, 0.15) is 23.7 Å². The number of nitrogens with two attached hydrogens (primary N) is 1. The van der Waals surface area contributed by atoms with Gasteiger partial charge in [-0.15, -0.1) is 35.3 Å². The van der Waals surface area contributed by atoms with Gasteiger partial charge in [0.1, 0.15) is 5.01 Å². The van der Waals surface area contributed by atoms with Crippen molar-refractivity contribution >= 4 is 41.3 Å². The summed E-state index contributed by atoms with van der Waals surface area (Å²) in [5.74, 6) is 1.07. The molecule has 0 saturated heterocycles. The van der Waals surface area contributed by atoms with E-state index in [4.69, 9.17) is 5.73 Å². The molecule has 1 aromatic rings. The molecule has 0 aliphatic rings. The zero-order valence-electron chi connectivity index (χ0n) is 9.86. The molecule has 0 atom stereocenters. The summed E-state index contributed by atoms with van der Waals surface area (Å²) in [4.78, 5) is 9.62. The Morgan fingerprint density at radius 2 is 2.31 bits per heavy atom. The van der Waals surface area contributed by atoms with Crippen molar-refractivity contribution in [1.82, 2.24) is 10.3 Å². The highest BCUT2D eigenvalue weighted by molar-refractivity contribution is 14.0. The monoisotopic (exact) mass is 354 g/mol. The third-order valence-electron chi connectivity index (χ3n) is 1.75. The van der Waals surface area contributed by atoms with Crippen molar-refractivity contribution in [2.45, 2.75) is 27.3 Å². The van der Waals surface area contributed by atoms with Gasteiger partial charge in [-0.25, -0.2) is 9.98 Å². The van der Waals surface area contributed by atoms with Crippen LogP contribution in [0.15, 0.2) is 11.2 Å². The van der Waals surface area contributed by atoms with Gasteiger partial charge in [-0.2, -0.15) is 0 Å². The van der Waals surface area contributed by atoms with Crippen LogP contribution in [0.2, 0.25) is 0 Å². The molecule has 0 unspecified atom stereocenters. The van der Waals surface area contributed by atoms with Crippen LogP contribution in [-0.4, -0.2) is 17.5 Å². The molecule has 6 heteroatoms. The molecule has 0 radical (unpaired) electrons. The molecule has 3 N–H and O–H groups in total. The lowest BCUT2D eigenvalue weighted by Crippen LogP contribution is -2.34. The van der Waals surface area contributed by atoms with Crippen molar-refractivity contribution in [1.29, 1.82) is 0 Å². The molecular weight excluding hydrogens is 335 g/mol. The molecule has 1 heterocycles. The molecule has 1 rings (SSSR count). The van der Waals surface area contributed by atoms with Gasteiger partial charge < -0.3 is 11.1 Å². The number of rotatable bonds is 4. The maximum Gasteiger partial charge on any atom is 0.189 e. The average molecular weight is 354 g/mol. The molecule has 0 bridgehead atoms. The van der Waals surface area contributed by atoms with Gasteiger partial charge in [-0.05, 0) is 12.8 Å². The first kappa shape index (κ1) is 15.6. The Balaban J connectivity index is 0.00000225. The molecular formula is C10H19IN4S. The summed E-state index contributed by atoms with van der Waals surface area (Å²) in [7, 11) is 0. The lowest BCUT2D eigenvalue weighted by Gasteiger charge is -2.07. The van der Waals surface area contributed by atoms with Crippen LogP contribution in [0.4, 0.5) is 0 Å². The fraction of sp³-hybridized carbons (Fsp3) is 0.600. The Morgan fingerprint density at radius 3 is 2.81 bits per heavy atom. The number of nitrogens with zero attached hydrogens (tertiary/aromatic N) is 2. The van der Waals surface area contributed by atoms with E-state index in [9.17, 15) is 0 Å². The fourth-order valence-corrected chi connectivity index (χ4v) is 1.70. The third-order valence-corrected chi connectivity index (χ3v) is 2.64. The predicted molar refractivity (Wildman–Crippen MR) is 80.4 cm³/mol. The third kappa shape index (κ3) is 6.26. The van der Waals surface area contributed by atoms with Crippen molar-refractivity contribution in [2.75, 3.05) is 6.54 Å². The van der Waals surface area contributed by atoms with E-state index in [0.717, 1.165) is 11.6 Å². The second kappa shape index (κ2) is 7.83. The molecule has 0 aliphatic carbocycles. The maximum atomic E-state index is 5.69. The van der Waals surface area contributed by atoms with Gasteiger partial charge in [0.25, 0.3) is 0 Å². The van der Waals surface area contributed by atoms with Gasteiger partial charge in [0.15, 0.2) is 5.96 Å². The minimum absolute atomic E-state index is 0. The van der Waals surface area contributed by atoms with E-state index in [-0.39, 0.29) is 24.0 Å². The number of aliphatic imine (C=N–C) groups is 1. The van der Waals surface area contributed by atoms with Gasteiger partial charge in [-0.1, -0.05) is 13.8 Å². The van der Waals surface area contributed by atoms with Crippen molar-refractivity contribution in [3.8, 4) is 0 Å². The molecule has 0 saturated carbocycles. The van der Waals surface area contributed by atoms with Gasteiger partial charge in [-0.3, -0.25) is 0 Å². The van der Waals surface area contributed by atoms with Crippen LogP contribution in [0.3, 0.4) is 0 Å². The second-order valence-corrected chi connectivity index (χ2v) is 5.16. The molecule has 0 fully saturated rings. The largest absolute Gasteiger partial charge is 0.370 e. The van der Waals surface area contributed by atoms with E-state index in [1.54, 1.807) is 11.3 Å². The molecule has 1 aromatic heterocycles. The highest BCUT2D eigenvalue weighted by atomic mass is 127. The molecule has 92 valence electrons. The van der Waals surface area contributed by atoms with Crippen LogP contribution in [0.25, 0.3) is 0 Å². The molecule has 0 aromatic carbocycles. The second-order valence-electron chi connectivity index (χ2n) is 3.84. The van der Waals surface area contributed by atoms with E-state index < -0.39 is 0 Å². The van der Waals surface area contributed by atoms with Gasteiger partial charge in [0.05, 0.1) is 6.54 Å². The van der Waals surface area contributed by atoms with Crippen LogP contribution >= 0.6 is 35.3 Å². The van der Waals surface area contributed by atoms with E-state index in [1.807, 2.05) is 13.1 Å². The standard InChI is InChI=1S/C10H18N4S.HI/c1-7(2)4-13-10(11)14-6-9-12-5-8(3)15-9;/h5,7H,4,6H2,1-3H3,(H3,11,13,14);1H. The highest BCUT2D eigenvalue weighted by Crippen LogP contribution is 2.11. The quantitative estimate of drug-likeness (QED) is 0.495. The van der Waals surface area contributed by atoms with Crippen molar-refractivity contribution in [3.05, 3.63) is 16.1 Å². The molecule has 0 aliphatic heterocycles. The number of halogens is 1. The minimum atomic E-state index is 0. The summed E-state index contributed by atoms with van der Waals surface area (Å²) in [6.07, 6.45) is 1.85. The Hall–Kier alpha value is -0.370. The van der Waals surface area contributed by atoms with Crippen LogP contribution in [-0.2, 0) is 6.54 Å². The average Bonchev–Trinajstić information content (AvgIpc) is 2.58. The zero-order chi connectivity index (χ0) is 11.3. The summed E-state index contributed by atoms with van der Waals surface area (Å²) in [6.45, 7) is 7.71. The summed E-state index contributed by atoms with van der Waals surface area (Å²) < 4.78 is 0. The molecule has 0 spiro atoms. The predicted octanol–water partition coefficient (Wildman–Crippen LogP) is 2.13. The fourth-order valence-electron chi connectivity index (χ4n) is 0.992. The number of hydrogen-bond acceptors (Lipinski definition) is 3. The van der Waals surface area contributed by atoms with Crippen molar-refractivity contribution in [2.24, 2.45) is 16.6 Å². The highest BCUT2D eigenvalue weighted by Gasteiger charge is 1.98. The number of nitrogens with one attached hydrogen (secondary N) is 1. The summed E-state index contributed by atoms with van der Waals surface area (Å²) >= 11 is 1.65. The first-order chi connectivity index (χ1) is 7.08. The lowest BCUT2D eigenvalue weighted by atomic mass is 10.2. The van der Waals surface area contributed by atoms with Gasteiger partial charge in [0, 0.05) is 17.6 Å². The lowest BCUT2D eigenvalue weighted by molar-refractivity contribution is 0.622. The minimum Gasteiger partial charge on any atom is -0.370 e. The first-order valence-electron chi connectivity index (χ1n) is 5.03. The Labute approximate surface area is 118 Å². The van der Waals surface area contributed by atoms with Gasteiger partial charge >= 0.3 is 0 Å². The van der Waals surface area contributed by atoms with Gasteiger partial charge in [0.2, 0.25) is 0 Å². The number of guanidine groups is 1. The van der Waals surface area contributed by atoms with Crippen LogP contribution in [0, 0.1) is 12.8 Å². The smallest absolute Gasteiger partial charge is 0.189 e. The Bertz CT molecular complexity index is 335. The van der Waals surface area contributed by atoms with Crippen molar-refractivity contribution in [3.63, 3.8) is 0 Å². The maximum absolute atomic E-state index is 5.69. The molecule has 4 nitrogen and oxygen atoms in total. The normalized spacial score (nSPS) is 11.4. The zero-order valence-corrected chi connectivity index (χ0v) is 13.0. The van der Waals surface area contributed by atoms with Crippen molar-refractivity contribution < 1.29 is 0 Å². The number of aromatic nitrogens is 1. The van der Waals surface area contributed by atoms with E-state index in [2.05, 4.69) is 29.1 Å². The van der Waals surface area contributed by atoms with E-state index >= 15 is 0 Å². The molecule has 16 heavy (non-hydrogen) atoms. The Kier molecular flexibility index (Phi) is 7.65. The number of aryl methyl sites for hydroxylation is 1. The van der Waals surface area contributed by atoms with E-state index in [0.29, 0.717) is 18.4 Å². The van der Waals surface area contributed by atoms with Crippen LogP contribution in [0.5, 0.6) is 0 Å². The molecule has 0 amide bonds. The van der Waals surface area contributed by atoms with Crippen LogP contribution < -0.4 is 11.1 Å². The summed E-state index contributed by atoms with van der Waals surface area (Å²) in [5.41, 5.74) is 5.69. The number of hydrogen-bond donors (Lipinski definition) is 2. The Morgan fingerprint density at radius 1 is 1.62 bits per heavy atom. The first-order valence-corrected chi connectivity index (χ1v) is 5.84. The summed E-state index contributed by atoms with van der Waals surface area (Å²) in [6, 6.07) is 0. The SMILES string of the molecule is Cc1cnc(CN=C(N)NCC(C)C)s1.I.